The summed E-state index contributed by atoms with van der Waals surface area (Å²) in [5, 5.41) is 3.55. The van der Waals surface area contributed by atoms with Gasteiger partial charge >= 0.3 is 6.18 Å². The summed E-state index contributed by atoms with van der Waals surface area (Å²) in [7, 11) is 3.36. The van der Waals surface area contributed by atoms with Crippen molar-refractivity contribution in [3.05, 3.63) is 71.4 Å². The molecule has 0 spiro atoms. The number of halogens is 3. The minimum absolute atomic E-state index is 0.0924. The van der Waals surface area contributed by atoms with Crippen molar-refractivity contribution in [2.24, 2.45) is 7.05 Å². The van der Waals surface area contributed by atoms with Gasteiger partial charge in [-0.05, 0) is 23.3 Å². The number of fused-ring (bicyclic) bond motifs is 1. The van der Waals surface area contributed by atoms with Gasteiger partial charge in [0.15, 0.2) is 0 Å². The van der Waals surface area contributed by atoms with Crippen molar-refractivity contribution >= 4 is 16.8 Å². The van der Waals surface area contributed by atoms with Crippen LogP contribution >= 0.6 is 0 Å². The molecule has 0 radical (unpaired) electrons. The lowest BCUT2D eigenvalue weighted by atomic mass is 9.85. The monoisotopic (exact) mass is 404 g/mol. The predicted molar refractivity (Wildman–Crippen MR) is 106 cm³/mol. The molecule has 0 unspecified atom stereocenters. The number of rotatable bonds is 7. The van der Waals surface area contributed by atoms with Gasteiger partial charge in [0.05, 0.1) is 12.2 Å². The molecule has 4 nitrogen and oxygen atoms in total. The number of benzene rings is 2. The Morgan fingerprint density at radius 2 is 1.79 bits per heavy atom. The molecule has 1 N–H and O–H groups in total. The van der Waals surface area contributed by atoms with Gasteiger partial charge in [-0.1, -0.05) is 36.4 Å². The standard InChI is InChI=1S/C22H23F3N2O2/c1-27-14-18(16-8-4-6-10-20(16)27)17(13-21(28)26-11-12-29-2)15-7-3-5-9-19(15)22(23,24)25/h3-10,14,17H,11-13H2,1-2H3,(H,26,28)/t17-/m0/s1. The quantitative estimate of drug-likeness (QED) is 0.590. The molecule has 1 aromatic heterocycles. The third-order valence-electron chi connectivity index (χ3n) is 4.96. The molecule has 3 rings (SSSR count). The van der Waals surface area contributed by atoms with Crippen LogP contribution in [0.25, 0.3) is 10.9 Å². The van der Waals surface area contributed by atoms with Gasteiger partial charge in [-0.25, -0.2) is 0 Å². The van der Waals surface area contributed by atoms with E-state index in [1.807, 2.05) is 42.1 Å². The van der Waals surface area contributed by atoms with Crippen molar-refractivity contribution < 1.29 is 22.7 Å². The molecule has 0 aliphatic rings. The molecule has 2 aromatic carbocycles. The average Bonchev–Trinajstić information content (AvgIpc) is 3.02. The van der Waals surface area contributed by atoms with Crippen LogP contribution < -0.4 is 5.32 Å². The Morgan fingerprint density at radius 3 is 2.52 bits per heavy atom. The van der Waals surface area contributed by atoms with E-state index in [0.29, 0.717) is 18.7 Å². The first-order valence-corrected chi connectivity index (χ1v) is 9.28. The maximum absolute atomic E-state index is 13.7. The summed E-state index contributed by atoms with van der Waals surface area (Å²) in [4.78, 5) is 12.5. The molecular formula is C22H23F3N2O2. The maximum Gasteiger partial charge on any atom is 0.416 e. The molecule has 0 aliphatic carbocycles. The number of nitrogens with one attached hydrogen (secondary N) is 1. The largest absolute Gasteiger partial charge is 0.416 e. The Hall–Kier alpha value is -2.80. The van der Waals surface area contributed by atoms with Crippen molar-refractivity contribution in [1.82, 2.24) is 9.88 Å². The first kappa shape index (κ1) is 20.9. The molecule has 0 fully saturated rings. The number of ether oxygens (including phenoxy) is 1. The number of nitrogens with zero attached hydrogens (tertiary/aromatic N) is 1. The Bertz CT molecular complexity index is 995. The molecule has 1 atom stereocenters. The van der Waals surface area contributed by atoms with E-state index in [0.717, 1.165) is 17.0 Å². The molecule has 0 bridgehead atoms. The number of para-hydroxylation sites is 1. The van der Waals surface area contributed by atoms with Gasteiger partial charge in [-0.15, -0.1) is 0 Å². The van der Waals surface area contributed by atoms with E-state index < -0.39 is 17.7 Å². The van der Waals surface area contributed by atoms with Crippen molar-refractivity contribution in [3.8, 4) is 0 Å². The zero-order valence-electron chi connectivity index (χ0n) is 16.3. The summed E-state index contributed by atoms with van der Waals surface area (Å²) in [6, 6.07) is 13.0. The van der Waals surface area contributed by atoms with Gasteiger partial charge in [-0.2, -0.15) is 13.2 Å². The molecule has 154 valence electrons. The van der Waals surface area contributed by atoms with Gasteiger partial charge in [0.1, 0.15) is 0 Å². The van der Waals surface area contributed by atoms with Crippen LogP contribution in [0.2, 0.25) is 0 Å². The van der Waals surface area contributed by atoms with Crippen molar-refractivity contribution in [2.45, 2.75) is 18.5 Å². The third kappa shape index (κ3) is 4.62. The van der Waals surface area contributed by atoms with Crippen LogP contribution in [0.4, 0.5) is 13.2 Å². The Labute approximate surface area is 167 Å². The van der Waals surface area contributed by atoms with Crippen LogP contribution in [-0.2, 0) is 22.8 Å². The van der Waals surface area contributed by atoms with Crippen LogP contribution in [0, 0.1) is 0 Å². The molecule has 1 heterocycles. The van der Waals surface area contributed by atoms with Gasteiger partial charge in [0, 0.05) is 50.1 Å². The van der Waals surface area contributed by atoms with Crippen molar-refractivity contribution in [3.63, 3.8) is 0 Å². The minimum atomic E-state index is -4.51. The fraction of sp³-hybridized carbons (Fsp3) is 0.318. The van der Waals surface area contributed by atoms with E-state index in [4.69, 9.17) is 4.74 Å². The van der Waals surface area contributed by atoms with E-state index in [2.05, 4.69) is 5.32 Å². The number of aryl methyl sites for hydroxylation is 1. The van der Waals surface area contributed by atoms with Crippen LogP contribution in [0.15, 0.2) is 54.7 Å². The lowest BCUT2D eigenvalue weighted by Crippen LogP contribution is -2.29. The van der Waals surface area contributed by atoms with Gasteiger partial charge in [0.2, 0.25) is 5.91 Å². The van der Waals surface area contributed by atoms with Gasteiger partial charge in [0.25, 0.3) is 0 Å². The van der Waals surface area contributed by atoms with Crippen LogP contribution in [0.5, 0.6) is 0 Å². The van der Waals surface area contributed by atoms with Crippen molar-refractivity contribution in [1.29, 1.82) is 0 Å². The molecule has 3 aromatic rings. The molecule has 1 amide bonds. The molecule has 0 saturated heterocycles. The first-order valence-electron chi connectivity index (χ1n) is 9.28. The number of hydrogen-bond donors (Lipinski definition) is 1. The Kier molecular flexibility index (Phi) is 6.27. The zero-order chi connectivity index (χ0) is 21.0. The third-order valence-corrected chi connectivity index (χ3v) is 4.96. The van der Waals surface area contributed by atoms with Gasteiger partial charge in [-0.3, -0.25) is 4.79 Å². The second-order valence-electron chi connectivity index (χ2n) is 6.90. The van der Waals surface area contributed by atoms with E-state index in [1.54, 1.807) is 6.07 Å². The van der Waals surface area contributed by atoms with E-state index in [9.17, 15) is 18.0 Å². The lowest BCUT2D eigenvalue weighted by molar-refractivity contribution is -0.138. The normalized spacial score (nSPS) is 12.9. The number of hydrogen-bond acceptors (Lipinski definition) is 2. The average molecular weight is 404 g/mol. The summed E-state index contributed by atoms with van der Waals surface area (Å²) >= 11 is 0. The summed E-state index contributed by atoms with van der Waals surface area (Å²) < 4.78 is 47.9. The number of methoxy groups -OCH3 is 1. The van der Waals surface area contributed by atoms with Crippen LogP contribution in [-0.4, -0.2) is 30.7 Å². The summed E-state index contributed by atoms with van der Waals surface area (Å²) in [6.07, 6.45) is -2.79. The summed E-state index contributed by atoms with van der Waals surface area (Å²) in [5.41, 5.74) is 0.972. The highest BCUT2D eigenvalue weighted by molar-refractivity contribution is 5.86. The fourth-order valence-corrected chi connectivity index (χ4v) is 3.65. The van der Waals surface area contributed by atoms with Gasteiger partial charge < -0.3 is 14.6 Å². The number of carbonyl (C=O) groups is 1. The molecule has 0 saturated carbocycles. The van der Waals surface area contributed by atoms with E-state index in [-0.39, 0.29) is 17.9 Å². The number of carbonyl (C=O) groups excluding carboxylic acids is 1. The first-order chi connectivity index (χ1) is 13.8. The predicted octanol–water partition coefficient (Wildman–Crippen LogP) is 4.48. The zero-order valence-corrected chi connectivity index (χ0v) is 16.3. The molecule has 0 aliphatic heterocycles. The van der Waals surface area contributed by atoms with E-state index in [1.165, 1.54) is 19.2 Å². The highest BCUT2D eigenvalue weighted by atomic mass is 19.4. The Morgan fingerprint density at radius 1 is 1.10 bits per heavy atom. The highest BCUT2D eigenvalue weighted by Crippen LogP contribution is 2.41. The SMILES string of the molecule is COCCNC(=O)C[C@@H](c1ccccc1C(F)(F)F)c1cn(C)c2ccccc12. The van der Waals surface area contributed by atoms with Crippen molar-refractivity contribution in [2.75, 3.05) is 20.3 Å². The number of amides is 1. The van der Waals surface area contributed by atoms with Crippen LogP contribution in [0.1, 0.15) is 29.0 Å². The minimum Gasteiger partial charge on any atom is -0.383 e. The van der Waals surface area contributed by atoms with E-state index >= 15 is 0 Å². The topological polar surface area (TPSA) is 43.3 Å². The molecule has 7 heteroatoms. The lowest BCUT2D eigenvalue weighted by Gasteiger charge is -2.21. The molecule has 29 heavy (non-hydrogen) atoms. The Balaban J connectivity index is 2.09. The molecular weight excluding hydrogens is 381 g/mol. The summed E-state index contributed by atoms with van der Waals surface area (Å²) in [5.74, 6) is -1.06. The smallest absolute Gasteiger partial charge is 0.383 e. The summed E-state index contributed by atoms with van der Waals surface area (Å²) in [6.45, 7) is 0.641. The fourth-order valence-electron chi connectivity index (χ4n) is 3.65. The highest BCUT2D eigenvalue weighted by Gasteiger charge is 2.36. The maximum atomic E-state index is 13.7. The number of alkyl halides is 3. The second kappa shape index (κ2) is 8.69. The second-order valence-corrected chi connectivity index (χ2v) is 6.90. The van der Waals surface area contributed by atoms with Crippen LogP contribution in [0.3, 0.4) is 0 Å². The number of aromatic nitrogens is 1.